The van der Waals surface area contributed by atoms with Gasteiger partial charge in [-0.1, -0.05) is 43.7 Å². The summed E-state index contributed by atoms with van der Waals surface area (Å²) in [6, 6.07) is 19.9. The van der Waals surface area contributed by atoms with E-state index in [0.717, 1.165) is 6.54 Å². The molecule has 0 amide bonds. The fraction of sp³-hybridized carbons (Fsp3) is 0.417. The Morgan fingerprint density at radius 2 is 1.39 bits per heavy atom. The quantitative estimate of drug-likeness (QED) is 0.305. The first-order valence-electron chi connectivity index (χ1n) is 9.73. The summed E-state index contributed by atoms with van der Waals surface area (Å²) < 4.78 is 6.00. The molecule has 0 aliphatic rings. The Balaban J connectivity index is -0.000000111. The fourth-order valence-corrected chi connectivity index (χ4v) is 2.54. The Morgan fingerprint density at radius 3 is 1.70 bits per heavy atom. The number of aromatic nitrogens is 3. The van der Waals surface area contributed by atoms with Crippen LogP contribution in [0.2, 0.25) is 0 Å². The Kier molecular flexibility index (Phi) is 30.4. The zero-order valence-corrected chi connectivity index (χ0v) is 26.4. The predicted octanol–water partition coefficient (Wildman–Crippen LogP) is 2.77. The topological polar surface area (TPSA) is 18.0 Å². The molecule has 3 aromatic rings. The van der Waals surface area contributed by atoms with E-state index in [2.05, 4.69) is 76.2 Å². The van der Waals surface area contributed by atoms with Gasteiger partial charge in [-0.15, -0.1) is 30.4 Å². The molecule has 0 N–H and O–H groups in total. The van der Waals surface area contributed by atoms with Crippen LogP contribution in [0.5, 0.6) is 0 Å². The Hall–Kier alpha value is -0.304. The normalized spacial score (nSPS) is 8.67. The van der Waals surface area contributed by atoms with Crippen LogP contribution in [0.4, 0.5) is 0 Å². The van der Waals surface area contributed by atoms with E-state index >= 15 is 0 Å². The molecule has 1 heterocycles. The molecule has 0 atom stereocenters. The Morgan fingerprint density at radius 1 is 0.909 bits per heavy atom. The van der Waals surface area contributed by atoms with Crippen molar-refractivity contribution in [1.29, 1.82) is 0 Å². The van der Waals surface area contributed by atoms with Crippen molar-refractivity contribution in [3.8, 4) is 0 Å². The third-order valence-corrected chi connectivity index (χ3v) is 4.20. The molecule has 3 rings (SSSR count). The van der Waals surface area contributed by atoms with Crippen molar-refractivity contribution in [2.75, 3.05) is 14.1 Å². The molecule has 0 saturated carbocycles. The van der Waals surface area contributed by atoms with Gasteiger partial charge in [-0.25, -0.2) is 12.7 Å². The van der Waals surface area contributed by atoms with Gasteiger partial charge in [-0.05, 0) is 53.6 Å². The number of rotatable bonds is 3. The van der Waals surface area contributed by atoms with Gasteiger partial charge in [-0.3, -0.25) is 0 Å². The molecule has 0 aliphatic heterocycles. The van der Waals surface area contributed by atoms with E-state index in [1.807, 2.05) is 65.9 Å². The van der Waals surface area contributed by atoms with Gasteiger partial charge in [0, 0.05) is 27.0 Å². The minimum absolute atomic E-state index is 0. The van der Waals surface area contributed by atoms with Gasteiger partial charge in [0.25, 0.3) is 0 Å². The molecule has 33 heavy (non-hydrogen) atoms. The van der Waals surface area contributed by atoms with Crippen LogP contribution in [0.1, 0.15) is 36.5 Å². The van der Waals surface area contributed by atoms with Crippen LogP contribution in [-0.4, -0.2) is 32.9 Å². The number of hydrogen-bond donors (Lipinski definition) is 0. The Labute approximate surface area is 246 Å². The van der Waals surface area contributed by atoms with Crippen molar-refractivity contribution in [3.63, 3.8) is 0 Å². The van der Waals surface area contributed by atoms with Crippen LogP contribution in [0.3, 0.4) is 0 Å². The molecule has 0 bridgehead atoms. The SMILES string of the molecule is CN(C)Cc1[c-]cccc1.Cc1ccc(C(C)C)cc1.Cl.Cl.Cn1[cH-]n(C)n(C)[cH-]1.[Cl-].[Pd].[Ru+3]. The molecule has 2 aromatic carbocycles. The zero-order valence-electron chi connectivity index (χ0n) is 20.7. The minimum atomic E-state index is 0. The van der Waals surface area contributed by atoms with Crippen molar-refractivity contribution < 1.29 is 52.3 Å². The predicted molar refractivity (Wildman–Crippen MR) is 135 cm³/mol. The molecule has 1 aromatic heterocycles. The summed E-state index contributed by atoms with van der Waals surface area (Å²) in [5.74, 6) is 0.653. The molecule has 9 heteroatoms. The standard InChI is InChI=1S/C10H14.C9H12N.C5H11N3.3ClH.Pd.Ru/c1-8(2)10-6-4-9(3)5-7-10;1-10(2)8-9-6-4-3-5-7-9;1-6-4-7(2)8(3)5-6;;;;;/h4-8H,1-3H3;3-6H,8H2,1-2H3;4-5H,1-3H3;3*1H;;/q;-1;-2;;;;;+3/p-1. The van der Waals surface area contributed by atoms with Crippen LogP contribution in [0.25, 0.3) is 0 Å². The maximum atomic E-state index is 3.16. The monoisotopic (exact) mass is 696 g/mol. The number of benzene rings is 2. The summed E-state index contributed by atoms with van der Waals surface area (Å²) in [5.41, 5.74) is 4.00. The van der Waals surface area contributed by atoms with Crippen molar-refractivity contribution in [3.05, 3.63) is 83.9 Å². The van der Waals surface area contributed by atoms with E-state index in [0.29, 0.717) is 5.92 Å². The maximum absolute atomic E-state index is 3.16. The average molecular weight is 697 g/mol. The summed E-state index contributed by atoms with van der Waals surface area (Å²) in [7, 11) is 10.1. The van der Waals surface area contributed by atoms with Gasteiger partial charge in [-0.2, -0.15) is 30.3 Å². The summed E-state index contributed by atoms with van der Waals surface area (Å²) >= 11 is 0. The average Bonchev–Trinajstić information content (AvgIpc) is 2.92. The molecule has 1 radical (unpaired) electrons. The minimum Gasteiger partial charge on any atom is -1.00 e. The summed E-state index contributed by atoms with van der Waals surface area (Å²) in [4.78, 5) is 2.13. The van der Waals surface area contributed by atoms with E-state index in [1.54, 1.807) is 0 Å². The van der Waals surface area contributed by atoms with Crippen molar-refractivity contribution >= 4 is 24.8 Å². The molecule has 4 nitrogen and oxygen atoms in total. The molecule has 0 aliphatic carbocycles. The smallest absolute Gasteiger partial charge is 1.00 e. The molecular weight excluding hydrogens is 658 g/mol. The van der Waals surface area contributed by atoms with Gasteiger partial charge in [0.2, 0.25) is 0 Å². The van der Waals surface area contributed by atoms with Gasteiger partial charge >= 0.3 is 19.5 Å². The third kappa shape index (κ3) is 19.7. The summed E-state index contributed by atoms with van der Waals surface area (Å²) in [6.07, 6.45) is 4.00. The molecule has 0 spiro atoms. The van der Waals surface area contributed by atoms with E-state index in [4.69, 9.17) is 0 Å². The van der Waals surface area contributed by atoms with E-state index in [9.17, 15) is 0 Å². The second kappa shape index (κ2) is 23.4. The first-order valence-corrected chi connectivity index (χ1v) is 9.73. The van der Waals surface area contributed by atoms with Gasteiger partial charge < -0.3 is 31.2 Å². The van der Waals surface area contributed by atoms with Crippen LogP contribution in [-0.2, 0) is 67.6 Å². The first kappa shape index (κ1) is 42.8. The summed E-state index contributed by atoms with van der Waals surface area (Å²) in [6.45, 7) is 7.51. The van der Waals surface area contributed by atoms with Crippen LogP contribution < -0.4 is 12.4 Å². The van der Waals surface area contributed by atoms with E-state index in [-0.39, 0.29) is 77.1 Å². The largest absolute Gasteiger partial charge is 3.00 e. The van der Waals surface area contributed by atoms with Crippen molar-refractivity contribution in [1.82, 2.24) is 18.8 Å². The summed E-state index contributed by atoms with van der Waals surface area (Å²) in [5, 5.41) is 0. The number of hydrogen-bond acceptors (Lipinski definition) is 1. The molecule has 195 valence electrons. The number of aryl methyl sites for hydroxylation is 4. The van der Waals surface area contributed by atoms with E-state index < -0.39 is 0 Å². The van der Waals surface area contributed by atoms with Crippen molar-refractivity contribution in [2.24, 2.45) is 21.1 Å². The fourth-order valence-electron chi connectivity index (χ4n) is 2.54. The van der Waals surface area contributed by atoms with Gasteiger partial charge in [0.05, 0.1) is 0 Å². The third-order valence-electron chi connectivity index (χ3n) is 4.20. The Bertz CT molecular complexity index is 795. The van der Waals surface area contributed by atoms with Crippen molar-refractivity contribution in [2.45, 2.75) is 33.2 Å². The van der Waals surface area contributed by atoms with Gasteiger partial charge in [0.1, 0.15) is 0 Å². The second-order valence-electron chi connectivity index (χ2n) is 7.73. The first-order chi connectivity index (χ1) is 13.2. The molecular formula is C24H39Cl3N4PdRu-. The van der Waals surface area contributed by atoms with Crippen LogP contribution in [0, 0.1) is 13.0 Å². The molecule has 0 saturated heterocycles. The molecule has 0 fully saturated rings. The van der Waals surface area contributed by atoms with Crippen LogP contribution in [0.15, 0.2) is 61.2 Å². The number of nitrogens with zero attached hydrogens (tertiary/aromatic N) is 4. The van der Waals surface area contributed by atoms with E-state index in [1.165, 1.54) is 16.7 Å². The maximum Gasteiger partial charge on any atom is 3.00 e. The van der Waals surface area contributed by atoms with Crippen LogP contribution >= 0.6 is 24.8 Å². The number of halogens is 3. The zero-order chi connectivity index (χ0) is 21.1. The molecule has 0 unspecified atom stereocenters. The van der Waals surface area contributed by atoms with Gasteiger partial charge in [0.15, 0.2) is 0 Å². The second-order valence-corrected chi connectivity index (χ2v) is 7.73.